The van der Waals surface area contributed by atoms with Gasteiger partial charge in [0.2, 0.25) is 0 Å². The molecule has 6 heteroatoms. The number of para-hydroxylation sites is 2. The van der Waals surface area contributed by atoms with Gasteiger partial charge in [0.15, 0.2) is 0 Å². The first-order valence-electron chi connectivity index (χ1n) is 25.3. The van der Waals surface area contributed by atoms with E-state index in [2.05, 4.69) is 243 Å². The van der Waals surface area contributed by atoms with Crippen molar-refractivity contribution >= 4 is 173 Å². The summed E-state index contributed by atoms with van der Waals surface area (Å²) in [6.07, 6.45) is 0. The van der Waals surface area contributed by atoms with Crippen LogP contribution in [-0.4, -0.2) is 0 Å². The number of furan rings is 2. The zero-order valence-electron chi connectivity index (χ0n) is 40.7. The fourth-order valence-corrected chi connectivity index (χ4v) is 14.4. The average molecular weight is 985 g/mol. The van der Waals surface area contributed by atoms with Crippen molar-refractivity contribution in [1.82, 2.24) is 0 Å². The number of thiophene rings is 2. The third-order valence-corrected chi connectivity index (χ3v) is 17.9. The zero-order chi connectivity index (χ0) is 49.0. The number of anilines is 6. The van der Waals surface area contributed by atoms with E-state index in [0.29, 0.717) is 0 Å². The van der Waals surface area contributed by atoms with E-state index in [1.54, 1.807) is 0 Å². The van der Waals surface area contributed by atoms with Gasteiger partial charge in [-0.1, -0.05) is 154 Å². The fraction of sp³-hybridized carbons (Fsp3) is 0.0588. The second-order valence-corrected chi connectivity index (χ2v) is 22.9. The smallest absolute Gasteiger partial charge is 0.135 e. The van der Waals surface area contributed by atoms with Crippen molar-refractivity contribution < 1.29 is 8.83 Å². The first kappa shape index (κ1) is 41.9. The fourth-order valence-electron chi connectivity index (χ4n) is 12.0. The summed E-state index contributed by atoms with van der Waals surface area (Å²) in [6.45, 7) is 6.94. The van der Waals surface area contributed by atoms with Crippen molar-refractivity contribution in [3.8, 4) is 0 Å². The minimum absolute atomic E-state index is 0.0357. The largest absolute Gasteiger partial charge is 0.456 e. The van der Waals surface area contributed by atoms with E-state index in [0.717, 1.165) is 78.0 Å². The lowest BCUT2D eigenvalue weighted by Gasteiger charge is -2.33. The van der Waals surface area contributed by atoms with Gasteiger partial charge in [0.1, 0.15) is 22.3 Å². The molecule has 0 N–H and O–H groups in total. The van der Waals surface area contributed by atoms with Gasteiger partial charge in [0.25, 0.3) is 0 Å². The molecule has 0 atom stereocenters. The first-order valence-corrected chi connectivity index (χ1v) is 26.9. The predicted molar refractivity (Wildman–Crippen MR) is 319 cm³/mol. The molecule has 74 heavy (non-hydrogen) atoms. The molecule has 0 fully saturated rings. The van der Waals surface area contributed by atoms with Gasteiger partial charge in [0, 0.05) is 80.0 Å². The van der Waals surface area contributed by atoms with Gasteiger partial charge in [-0.2, -0.15) is 0 Å². The van der Waals surface area contributed by atoms with Gasteiger partial charge in [-0.3, -0.25) is 0 Å². The highest BCUT2D eigenvalue weighted by molar-refractivity contribution is 7.26. The Labute approximate surface area is 433 Å². The van der Waals surface area contributed by atoms with Crippen molar-refractivity contribution in [2.75, 3.05) is 9.80 Å². The van der Waals surface area contributed by atoms with Gasteiger partial charge in [-0.05, 0) is 106 Å². The van der Waals surface area contributed by atoms with Gasteiger partial charge in [-0.25, -0.2) is 0 Å². The summed E-state index contributed by atoms with van der Waals surface area (Å²) in [7, 11) is 0. The summed E-state index contributed by atoms with van der Waals surface area (Å²) in [5.41, 5.74) is 11.3. The Hall–Kier alpha value is -8.68. The lowest BCUT2D eigenvalue weighted by Crippen LogP contribution is -2.15. The third kappa shape index (κ3) is 6.07. The van der Waals surface area contributed by atoms with Crippen LogP contribution in [0.1, 0.15) is 26.3 Å². The molecule has 0 amide bonds. The second kappa shape index (κ2) is 15.4. The first-order chi connectivity index (χ1) is 36.3. The molecule has 0 bridgehead atoms. The summed E-state index contributed by atoms with van der Waals surface area (Å²) in [5.74, 6) is 0. The molecule has 0 aliphatic heterocycles. The molecule has 0 aliphatic carbocycles. The summed E-state index contributed by atoms with van der Waals surface area (Å²) in [5, 5.41) is 16.7. The molecule has 4 heterocycles. The van der Waals surface area contributed by atoms with Crippen molar-refractivity contribution in [1.29, 1.82) is 0 Å². The Morgan fingerprint density at radius 1 is 0.324 bits per heavy atom. The van der Waals surface area contributed by atoms with Gasteiger partial charge < -0.3 is 18.6 Å². The summed E-state index contributed by atoms with van der Waals surface area (Å²) in [4.78, 5) is 5.08. The van der Waals surface area contributed by atoms with E-state index in [4.69, 9.17) is 8.83 Å². The molecule has 4 nitrogen and oxygen atoms in total. The maximum absolute atomic E-state index is 6.52. The predicted octanol–water partition coefficient (Wildman–Crippen LogP) is 21.4. The van der Waals surface area contributed by atoms with E-state index in [-0.39, 0.29) is 5.41 Å². The number of benzene rings is 12. The molecule has 0 radical (unpaired) electrons. The minimum Gasteiger partial charge on any atom is -0.456 e. The molecule has 0 unspecified atom stereocenters. The third-order valence-electron chi connectivity index (χ3n) is 15.5. The van der Waals surface area contributed by atoms with E-state index in [1.165, 1.54) is 78.2 Å². The van der Waals surface area contributed by atoms with Gasteiger partial charge in [-0.15, -0.1) is 22.7 Å². The molecule has 0 spiro atoms. The van der Waals surface area contributed by atoms with Crippen LogP contribution in [0.25, 0.3) is 117 Å². The molecule has 0 saturated carbocycles. The van der Waals surface area contributed by atoms with Crippen molar-refractivity contribution in [3.63, 3.8) is 0 Å². The maximum atomic E-state index is 6.52. The van der Waals surface area contributed by atoms with Crippen LogP contribution in [0.2, 0.25) is 0 Å². The minimum atomic E-state index is -0.0357. The molecular formula is C68H44N2O2S2. The topological polar surface area (TPSA) is 32.8 Å². The van der Waals surface area contributed by atoms with Gasteiger partial charge in [0.05, 0.1) is 32.1 Å². The summed E-state index contributed by atoms with van der Waals surface area (Å²) in [6, 6.07) is 78.5. The van der Waals surface area contributed by atoms with Crippen LogP contribution < -0.4 is 9.80 Å². The van der Waals surface area contributed by atoms with E-state index < -0.39 is 0 Å². The number of rotatable bonds is 6. The van der Waals surface area contributed by atoms with Crippen LogP contribution in [0.15, 0.2) is 221 Å². The molecule has 12 aromatic carbocycles. The molecule has 0 saturated heterocycles. The lowest BCUT2D eigenvalue weighted by atomic mass is 9.83. The quantitative estimate of drug-likeness (QED) is 0.155. The monoisotopic (exact) mass is 984 g/mol. The van der Waals surface area contributed by atoms with Crippen molar-refractivity contribution in [3.05, 3.63) is 218 Å². The van der Waals surface area contributed by atoms with Crippen molar-refractivity contribution in [2.24, 2.45) is 0 Å². The van der Waals surface area contributed by atoms with E-state index >= 15 is 0 Å². The Kier molecular flexibility index (Phi) is 8.73. The highest BCUT2D eigenvalue weighted by Crippen LogP contribution is 2.55. The number of hydrogen-bond donors (Lipinski definition) is 0. The van der Waals surface area contributed by atoms with Crippen LogP contribution in [0, 0.1) is 0 Å². The Morgan fingerprint density at radius 3 is 1.24 bits per heavy atom. The number of hydrogen-bond acceptors (Lipinski definition) is 6. The van der Waals surface area contributed by atoms with Crippen LogP contribution in [0.3, 0.4) is 0 Å². The highest BCUT2D eigenvalue weighted by atomic mass is 32.1. The molecular weight excluding hydrogens is 941 g/mol. The molecule has 350 valence electrons. The number of fused-ring (bicyclic) bond motifs is 12. The van der Waals surface area contributed by atoms with Crippen molar-refractivity contribution in [2.45, 2.75) is 26.2 Å². The van der Waals surface area contributed by atoms with Crippen LogP contribution in [0.4, 0.5) is 34.1 Å². The standard InChI is InChI=1S/C68H44N2O2S2/c1-68(2,3)41-34-39-26-30-50-56(69(42-28-32-60-52(36-42)44-14-4-8-22-58(44)71-60)54-20-12-18-48-46-16-6-10-24-62(46)73-66(48)54)38-57(51-31-27-40(35-41)64(39)65(50)51)70(43-29-33-61-53(37-43)45-15-5-9-23-59(45)72-61)55-21-13-19-49-47-17-7-11-25-63(47)74-67(49)55/h4-38H,1-3H3. The van der Waals surface area contributed by atoms with Crippen LogP contribution in [-0.2, 0) is 5.41 Å². The lowest BCUT2D eigenvalue weighted by molar-refractivity contribution is 0.591. The maximum Gasteiger partial charge on any atom is 0.135 e. The molecule has 4 aromatic heterocycles. The Balaban J connectivity index is 1.08. The Bertz CT molecular complexity index is 4690. The molecule has 0 aliphatic rings. The van der Waals surface area contributed by atoms with Crippen LogP contribution in [0.5, 0.6) is 0 Å². The van der Waals surface area contributed by atoms with E-state index in [9.17, 15) is 0 Å². The number of nitrogens with zero attached hydrogens (tertiary/aromatic N) is 2. The molecule has 16 aromatic rings. The summed E-state index contributed by atoms with van der Waals surface area (Å²) >= 11 is 3.73. The average Bonchev–Trinajstić information content (AvgIpc) is 4.22. The Morgan fingerprint density at radius 2 is 0.757 bits per heavy atom. The highest BCUT2D eigenvalue weighted by Gasteiger charge is 2.29. The van der Waals surface area contributed by atoms with E-state index in [1.807, 2.05) is 22.7 Å². The van der Waals surface area contributed by atoms with Crippen LogP contribution >= 0.6 is 22.7 Å². The molecule has 16 rings (SSSR count). The van der Waals surface area contributed by atoms with Gasteiger partial charge >= 0.3 is 0 Å². The summed E-state index contributed by atoms with van der Waals surface area (Å²) < 4.78 is 18.0. The zero-order valence-corrected chi connectivity index (χ0v) is 42.4. The second-order valence-electron chi connectivity index (χ2n) is 20.8. The SMILES string of the molecule is CC(C)(C)c1cc2ccc3c(N(c4ccc5oc6ccccc6c5c4)c4cccc5c4sc4ccccc45)cc(N(c4ccc5oc6ccccc6c5c4)c4cccc5c4sc4ccccc45)c4ccc(c1)c2c34. The normalized spacial score (nSPS) is 12.5.